The van der Waals surface area contributed by atoms with Crippen molar-refractivity contribution in [2.45, 2.75) is 20.4 Å². The van der Waals surface area contributed by atoms with Gasteiger partial charge in [-0.05, 0) is 30.7 Å². The van der Waals surface area contributed by atoms with Gasteiger partial charge in [-0.25, -0.2) is 4.68 Å². The molecule has 0 aliphatic heterocycles. The van der Waals surface area contributed by atoms with Crippen LogP contribution in [0.2, 0.25) is 0 Å². The molecule has 2 aromatic carbocycles. The van der Waals surface area contributed by atoms with Crippen LogP contribution in [0.4, 0.5) is 5.82 Å². The van der Waals surface area contributed by atoms with E-state index < -0.39 is 0 Å². The lowest BCUT2D eigenvalue weighted by Crippen LogP contribution is -2.15. The summed E-state index contributed by atoms with van der Waals surface area (Å²) < 4.78 is 1.79. The molecule has 3 aromatic rings. The number of nitrogens with one attached hydrogen (secondary N) is 1. The van der Waals surface area contributed by atoms with Crippen LogP contribution >= 0.6 is 0 Å². The molecule has 0 saturated carbocycles. The molecule has 106 valence electrons. The predicted octanol–water partition coefficient (Wildman–Crippen LogP) is 3.62. The van der Waals surface area contributed by atoms with Crippen LogP contribution in [-0.4, -0.2) is 15.7 Å². The summed E-state index contributed by atoms with van der Waals surface area (Å²) >= 11 is 0. The van der Waals surface area contributed by atoms with E-state index in [4.69, 9.17) is 0 Å². The van der Waals surface area contributed by atoms with Gasteiger partial charge in [-0.2, -0.15) is 5.10 Å². The molecule has 4 heteroatoms. The van der Waals surface area contributed by atoms with Crippen molar-refractivity contribution in [2.75, 3.05) is 5.32 Å². The maximum Gasteiger partial charge on any atom is 0.257 e. The minimum Gasteiger partial charge on any atom is -0.307 e. The van der Waals surface area contributed by atoms with Gasteiger partial charge in [0.05, 0.1) is 5.69 Å². The molecule has 0 fully saturated rings. The summed E-state index contributed by atoms with van der Waals surface area (Å²) in [5, 5.41) is 9.31. The molecule has 1 aromatic heterocycles. The first kappa shape index (κ1) is 13.4. The third-order valence-corrected chi connectivity index (χ3v) is 3.48. The van der Waals surface area contributed by atoms with Crippen molar-refractivity contribution in [3.05, 3.63) is 59.8 Å². The van der Waals surface area contributed by atoms with Crippen LogP contribution in [0.1, 0.15) is 23.0 Å². The molecule has 21 heavy (non-hydrogen) atoms. The summed E-state index contributed by atoms with van der Waals surface area (Å²) in [6.45, 7) is 4.64. The SMILES string of the molecule is CCn1nc(C)cc1NC(=O)c1cccc2ccccc12. The zero-order valence-corrected chi connectivity index (χ0v) is 12.1. The number of fused-ring (bicyclic) bond motifs is 1. The van der Waals surface area contributed by atoms with Crippen LogP contribution in [0.3, 0.4) is 0 Å². The second kappa shape index (κ2) is 5.40. The van der Waals surface area contributed by atoms with Crippen LogP contribution in [0.15, 0.2) is 48.5 Å². The number of anilines is 1. The Morgan fingerprint density at radius 1 is 1.19 bits per heavy atom. The number of nitrogens with zero attached hydrogens (tertiary/aromatic N) is 2. The average Bonchev–Trinajstić information content (AvgIpc) is 2.86. The van der Waals surface area contributed by atoms with E-state index in [0.29, 0.717) is 5.56 Å². The third kappa shape index (κ3) is 2.52. The molecule has 1 N–H and O–H groups in total. The highest BCUT2D eigenvalue weighted by molar-refractivity contribution is 6.12. The van der Waals surface area contributed by atoms with Crippen molar-refractivity contribution in [3.63, 3.8) is 0 Å². The van der Waals surface area contributed by atoms with Crippen LogP contribution in [0, 0.1) is 6.92 Å². The van der Waals surface area contributed by atoms with Gasteiger partial charge in [0.15, 0.2) is 0 Å². The first-order valence-corrected chi connectivity index (χ1v) is 7.02. The Morgan fingerprint density at radius 2 is 1.95 bits per heavy atom. The molecule has 3 rings (SSSR count). The lowest BCUT2D eigenvalue weighted by molar-refractivity contribution is 0.102. The van der Waals surface area contributed by atoms with Gasteiger partial charge in [-0.15, -0.1) is 0 Å². The highest BCUT2D eigenvalue weighted by Gasteiger charge is 2.12. The highest BCUT2D eigenvalue weighted by atomic mass is 16.1. The van der Waals surface area contributed by atoms with E-state index in [0.717, 1.165) is 28.8 Å². The Kier molecular flexibility index (Phi) is 3.44. The number of carbonyl (C=O) groups excluding carboxylic acids is 1. The quantitative estimate of drug-likeness (QED) is 0.796. The van der Waals surface area contributed by atoms with Gasteiger partial charge in [0, 0.05) is 18.2 Å². The van der Waals surface area contributed by atoms with E-state index in [2.05, 4.69) is 10.4 Å². The van der Waals surface area contributed by atoms with Crippen LogP contribution in [-0.2, 0) is 6.54 Å². The van der Waals surface area contributed by atoms with Gasteiger partial charge in [0.25, 0.3) is 5.91 Å². The summed E-state index contributed by atoms with van der Waals surface area (Å²) in [6, 6.07) is 15.5. The molecule has 0 saturated heterocycles. The summed E-state index contributed by atoms with van der Waals surface area (Å²) in [7, 11) is 0. The summed E-state index contributed by atoms with van der Waals surface area (Å²) in [5.41, 5.74) is 1.57. The van der Waals surface area contributed by atoms with E-state index in [1.807, 2.05) is 62.4 Å². The highest BCUT2D eigenvalue weighted by Crippen LogP contribution is 2.20. The van der Waals surface area contributed by atoms with E-state index in [9.17, 15) is 4.79 Å². The predicted molar refractivity (Wildman–Crippen MR) is 84.5 cm³/mol. The Balaban J connectivity index is 1.97. The van der Waals surface area contributed by atoms with Gasteiger partial charge < -0.3 is 5.32 Å². The largest absolute Gasteiger partial charge is 0.307 e. The summed E-state index contributed by atoms with van der Waals surface area (Å²) in [6.07, 6.45) is 0. The molecule has 0 aliphatic rings. The van der Waals surface area contributed by atoms with Gasteiger partial charge in [-0.1, -0.05) is 36.4 Å². The van der Waals surface area contributed by atoms with Crippen molar-refractivity contribution in [2.24, 2.45) is 0 Å². The van der Waals surface area contributed by atoms with Crippen molar-refractivity contribution >= 4 is 22.5 Å². The fraction of sp³-hybridized carbons (Fsp3) is 0.176. The van der Waals surface area contributed by atoms with Gasteiger partial charge in [0.2, 0.25) is 0 Å². The number of aryl methyl sites for hydroxylation is 2. The fourth-order valence-corrected chi connectivity index (χ4v) is 2.49. The molecule has 0 atom stereocenters. The zero-order valence-electron chi connectivity index (χ0n) is 12.1. The average molecular weight is 279 g/mol. The number of aromatic nitrogens is 2. The van der Waals surface area contributed by atoms with E-state index in [1.54, 1.807) is 4.68 Å². The first-order valence-electron chi connectivity index (χ1n) is 7.02. The maximum atomic E-state index is 12.6. The zero-order chi connectivity index (χ0) is 14.8. The summed E-state index contributed by atoms with van der Waals surface area (Å²) in [4.78, 5) is 12.6. The lowest BCUT2D eigenvalue weighted by Gasteiger charge is -2.09. The monoisotopic (exact) mass is 279 g/mol. The minimum atomic E-state index is -0.110. The van der Waals surface area contributed by atoms with Crippen molar-refractivity contribution in [1.82, 2.24) is 9.78 Å². The number of amides is 1. The molecule has 0 radical (unpaired) electrons. The molecular weight excluding hydrogens is 262 g/mol. The first-order chi connectivity index (χ1) is 10.2. The standard InChI is InChI=1S/C17H17N3O/c1-3-20-16(11-12(2)19-20)18-17(21)15-10-6-8-13-7-4-5-9-14(13)15/h4-11H,3H2,1-2H3,(H,18,21). The lowest BCUT2D eigenvalue weighted by atomic mass is 10.0. The van der Waals surface area contributed by atoms with Crippen LogP contribution < -0.4 is 5.32 Å². The Morgan fingerprint density at radius 3 is 2.76 bits per heavy atom. The van der Waals surface area contributed by atoms with Gasteiger partial charge in [0.1, 0.15) is 5.82 Å². The number of rotatable bonds is 3. The van der Waals surface area contributed by atoms with E-state index in [1.165, 1.54) is 0 Å². The Labute approximate surface area is 123 Å². The van der Waals surface area contributed by atoms with Crippen molar-refractivity contribution in [3.8, 4) is 0 Å². The number of benzene rings is 2. The van der Waals surface area contributed by atoms with Crippen molar-refractivity contribution in [1.29, 1.82) is 0 Å². The fourth-order valence-electron chi connectivity index (χ4n) is 2.49. The number of hydrogen-bond donors (Lipinski definition) is 1. The van der Waals surface area contributed by atoms with Crippen LogP contribution in [0.5, 0.6) is 0 Å². The normalized spacial score (nSPS) is 10.8. The van der Waals surface area contributed by atoms with E-state index >= 15 is 0 Å². The molecule has 0 aliphatic carbocycles. The van der Waals surface area contributed by atoms with E-state index in [-0.39, 0.29) is 5.91 Å². The minimum absolute atomic E-state index is 0.110. The molecule has 0 spiro atoms. The number of carbonyl (C=O) groups is 1. The molecule has 0 unspecified atom stereocenters. The maximum absolute atomic E-state index is 12.6. The van der Waals surface area contributed by atoms with Crippen LogP contribution in [0.25, 0.3) is 10.8 Å². The molecule has 1 heterocycles. The Bertz CT molecular complexity index is 799. The molecular formula is C17H17N3O. The molecule has 1 amide bonds. The van der Waals surface area contributed by atoms with Crippen molar-refractivity contribution < 1.29 is 4.79 Å². The molecule has 0 bridgehead atoms. The number of hydrogen-bond acceptors (Lipinski definition) is 2. The Hall–Kier alpha value is -2.62. The smallest absolute Gasteiger partial charge is 0.257 e. The van der Waals surface area contributed by atoms with Gasteiger partial charge in [-0.3, -0.25) is 4.79 Å². The summed E-state index contributed by atoms with van der Waals surface area (Å²) in [5.74, 6) is 0.620. The third-order valence-electron chi connectivity index (χ3n) is 3.48. The topological polar surface area (TPSA) is 46.9 Å². The molecule has 4 nitrogen and oxygen atoms in total. The second-order valence-corrected chi connectivity index (χ2v) is 4.97. The van der Waals surface area contributed by atoms with Gasteiger partial charge >= 0.3 is 0 Å². The second-order valence-electron chi connectivity index (χ2n) is 4.97.